The predicted octanol–water partition coefficient (Wildman–Crippen LogP) is 2.93. The first-order valence-corrected chi connectivity index (χ1v) is 6.19. The molecule has 1 heterocycles. The molecule has 0 fully saturated rings. The van der Waals surface area contributed by atoms with Gasteiger partial charge in [0.25, 0.3) is 0 Å². The van der Waals surface area contributed by atoms with Gasteiger partial charge < -0.3 is 11.6 Å². The number of anilines is 1. The second-order valence-corrected chi connectivity index (χ2v) is 5.10. The van der Waals surface area contributed by atoms with Crippen molar-refractivity contribution >= 4 is 17.4 Å². The Morgan fingerprint density at radius 2 is 2.00 bits per heavy atom. The minimum atomic E-state index is 0.215. The van der Waals surface area contributed by atoms with Crippen LogP contribution in [-0.4, -0.2) is 9.66 Å². The highest BCUT2D eigenvalue weighted by Gasteiger charge is 2.17. The summed E-state index contributed by atoms with van der Waals surface area (Å²) >= 11 is 6.12. The van der Waals surface area contributed by atoms with Crippen LogP contribution < -0.4 is 11.6 Å². The van der Waals surface area contributed by atoms with Gasteiger partial charge in [-0.15, -0.1) is 0 Å². The van der Waals surface area contributed by atoms with Crippen LogP contribution in [-0.2, 0) is 0 Å². The minimum absolute atomic E-state index is 0.215. The van der Waals surface area contributed by atoms with E-state index in [1.54, 1.807) is 0 Å². The highest BCUT2D eigenvalue weighted by Crippen LogP contribution is 2.30. The molecule has 0 aliphatic carbocycles. The number of imidazole rings is 1. The molecule has 1 aromatic carbocycles. The molecule has 0 aliphatic rings. The normalized spacial score (nSPS) is 11.2. The topological polar surface area (TPSA) is 69.9 Å². The van der Waals surface area contributed by atoms with Crippen LogP contribution in [0.25, 0.3) is 11.3 Å². The van der Waals surface area contributed by atoms with E-state index in [0.717, 1.165) is 17.0 Å². The van der Waals surface area contributed by atoms with E-state index >= 15 is 0 Å². The van der Waals surface area contributed by atoms with E-state index in [0.29, 0.717) is 16.5 Å². The van der Waals surface area contributed by atoms with Crippen molar-refractivity contribution < 1.29 is 0 Å². The van der Waals surface area contributed by atoms with Gasteiger partial charge in [0.05, 0.1) is 0 Å². The van der Waals surface area contributed by atoms with Gasteiger partial charge in [0.2, 0.25) is 0 Å². The van der Waals surface area contributed by atoms with E-state index in [4.69, 9.17) is 23.2 Å². The molecule has 0 saturated carbocycles. The number of aryl methyl sites for hydroxylation is 1. The van der Waals surface area contributed by atoms with Crippen molar-refractivity contribution in [1.29, 1.82) is 0 Å². The predicted molar refractivity (Wildman–Crippen MR) is 76.1 cm³/mol. The van der Waals surface area contributed by atoms with Gasteiger partial charge in [-0.25, -0.2) is 9.66 Å². The monoisotopic (exact) mass is 264 g/mol. The summed E-state index contributed by atoms with van der Waals surface area (Å²) in [5, 5.41) is 0.699. The minimum Gasteiger partial charge on any atom is -0.382 e. The Morgan fingerprint density at radius 3 is 2.50 bits per heavy atom. The number of nitrogens with two attached hydrogens (primary N) is 2. The van der Waals surface area contributed by atoms with E-state index in [2.05, 4.69) is 4.98 Å². The first kappa shape index (κ1) is 12.8. The van der Waals surface area contributed by atoms with Crippen LogP contribution in [0.2, 0.25) is 5.02 Å². The average molecular weight is 265 g/mol. The van der Waals surface area contributed by atoms with Gasteiger partial charge in [-0.3, -0.25) is 0 Å². The number of nitrogens with zero attached hydrogens (tertiary/aromatic N) is 2. The lowest BCUT2D eigenvalue weighted by Crippen LogP contribution is -2.16. The molecule has 2 aromatic rings. The molecule has 2 rings (SSSR count). The Morgan fingerprint density at radius 1 is 1.33 bits per heavy atom. The molecule has 0 saturated heterocycles. The molecule has 1 aromatic heterocycles. The average Bonchev–Trinajstić information content (AvgIpc) is 2.60. The number of rotatable bonds is 2. The number of nitrogen functional groups attached to an aromatic ring is 2. The molecule has 0 atom stereocenters. The van der Waals surface area contributed by atoms with Gasteiger partial charge in [-0.2, -0.15) is 0 Å². The standard InChI is InChI=1S/C13H17ClN4/c1-7(2)13-17-11(12(15)18(13)16)9-5-4-8(3)10(14)6-9/h4-7H,15-16H2,1-3H3. The SMILES string of the molecule is Cc1ccc(-c2nc(C(C)C)n(N)c2N)cc1Cl. The number of halogens is 1. The maximum absolute atomic E-state index is 6.12. The Balaban J connectivity index is 2.57. The second kappa shape index (κ2) is 4.53. The van der Waals surface area contributed by atoms with Gasteiger partial charge >= 0.3 is 0 Å². The zero-order valence-electron chi connectivity index (χ0n) is 10.7. The van der Waals surface area contributed by atoms with Crippen molar-refractivity contribution in [2.45, 2.75) is 26.7 Å². The highest BCUT2D eigenvalue weighted by molar-refractivity contribution is 6.31. The Hall–Kier alpha value is -1.68. The van der Waals surface area contributed by atoms with Crippen molar-refractivity contribution in [3.05, 3.63) is 34.6 Å². The van der Waals surface area contributed by atoms with Gasteiger partial charge in [0, 0.05) is 16.5 Å². The van der Waals surface area contributed by atoms with Crippen LogP contribution in [0.4, 0.5) is 5.82 Å². The number of aromatic nitrogens is 2. The maximum Gasteiger partial charge on any atom is 0.150 e. The lowest BCUT2D eigenvalue weighted by Gasteiger charge is -2.04. The quantitative estimate of drug-likeness (QED) is 0.820. The highest BCUT2D eigenvalue weighted by atomic mass is 35.5. The summed E-state index contributed by atoms with van der Waals surface area (Å²) in [6, 6.07) is 5.76. The molecule has 0 bridgehead atoms. The number of hydrogen-bond acceptors (Lipinski definition) is 3. The second-order valence-electron chi connectivity index (χ2n) is 4.69. The molecule has 4 N–H and O–H groups in total. The van der Waals surface area contributed by atoms with Crippen LogP contribution in [0.1, 0.15) is 31.2 Å². The Bertz CT molecular complexity index is 587. The molecule has 0 unspecified atom stereocenters. The molecule has 0 spiro atoms. The maximum atomic E-state index is 6.12. The smallest absolute Gasteiger partial charge is 0.150 e. The molecule has 0 amide bonds. The summed E-state index contributed by atoms with van der Waals surface area (Å²) in [7, 11) is 0. The van der Waals surface area contributed by atoms with Crippen molar-refractivity contribution in [1.82, 2.24) is 9.66 Å². The molecule has 5 heteroatoms. The van der Waals surface area contributed by atoms with Gasteiger partial charge in [0.15, 0.2) is 5.82 Å². The lowest BCUT2D eigenvalue weighted by atomic mass is 10.1. The van der Waals surface area contributed by atoms with Crippen molar-refractivity contribution in [3.8, 4) is 11.3 Å². The summed E-state index contributed by atoms with van der Waals surface area (Å²) in [5.41, 5.74) is 8.58. The largest absolute Gasteiger partial charge is 0.382 e. The van der Waals surface area contributed by atoms with Crippen molar-refractivity contribution in [2.24, 2.45) is 0 Å². The summed E-state index contributed by atoms with van der Waals surface area (Å²) < 4.78 is 1.44. The fraction of sp³-hybridized carbons (Fsp3) is 0.308. The Labute approximate surface area is 112 Å². The van der Waals surface area contributed by atoms with E-state index in [-0.39, 0.29) is 5.92 Å². The third-order valence-electron chi connectivity index (χ3n) is 2.94. The third kappa shape index (κ3) is 2.04. The molecule has 18 heavy (non-hydrogen) atoms. The van der Waals surface area contributed by atoms with E-state index in [9.17, 15) is 0 Å². The molecule has 0 aliphatic heterocycles. The van der Waals surface area contributed by atoms with Gasteiger partial charge in [-0.05, 0) is 18.6 Å². The fourth-order valence-corrected chi connectivity index (χ4v) is 2.00. The van der Waals surface area contributed by atoms with Crippen molar-refractivity contribution in [2.75, 3.05) is 11.6 Å². The van der Waals surface area contributed by atoms with E-state index in [1.807, 2.05) is 39.0 Å². The number of benzene rings is 1. The molecule has 96 valence electrons. The summed E-state index contributed by atoms with van der Waals surface area (Å²) in [5.74, 6) is 7.34. The van der Waals surface area contributed by atoms with Crippen LogP contribution in [0, 0.1) is 6.92 Å². The first-order chi connectivity index (χ1) is 8.41. The van der Waals surface area contributed by atoms with Crippen LogP contribution in [0.5, 0.6) is 0 Å². The molecule has 0 radical (unpaired) electrons. The van der Waals surface area contributed by atoms with Gasteiger partial charge in [0.1, 0.15) is 11.5 Å². The zero-order valence-corrected chi connectivity index (χ0v) is 11.5. The van der Waals surface area contributed by atoms with Crippen molar-refractivity contribution in [3.63, 3.8) is 0 Å². The van der Waals surface area contributed by atoms with E-state index in [1.165, 1.54) is 4.68 Å². The zero-order chi connectivity index (χ0) is 13.4. The summed E-state index contributed by atoms with van der Waals surface area (Å²) in [6.07, 6.45) is 0. The first-order valence-electron chi connectivity index (χ1n) is 5.81. The molecular weight excluding hydrogens is 248 g/mol. The summed E-state index contributed by atoms with van der Waals surface area (Å²) in [6.45, 7) is 6.00. The van der Waals surface area contributed by atoms with Crippen LogP contribution >= 0.6 is 11.6 Å². The van der Waals surface area contributed by atoms with Gasteiger partial charge in [-0.1, -0.05) is 37.6 Å². The van der Waals surface area contributed by atoms with E-state index < -0.39 is 0 Å². The molecular formula is C13H17ClN4. The third-order valence-corrected chi connectivity index (χ3v) is 3.34. The molecule has 4 nitrogen and oxygen atoms in total. The van der Waals surface area contributed by atoms with Crippen LogP contribution in [0.3, 0.4) is 0 Å². The lowest BCUT2D eigenvalue weighted by molar-refractivity contribution is 0.739. The fourth-order valence-electron chi connectivity index (χ4n) is 1.82. The Kier molecular flexibility index (Phi) is 3.22. The van der Waals surface area contributed by atoms with Crippen LogP contribution in [0.15, 0.2) is 18.2 Å². The summed E-state index contributed by atoms with van der Waals surface area (Å²) in [4.78, 5) is 4.50. The number of hydrogen-bond donors (Lipinski definition) is 2.